The molecule has 1 aliphatic carbocycles. The van der Waals surface area contributed by atoms with Crippen molar-refractivity contribution in [1.82, 2.24) is 5.32 Å². The van der Waals surface area contributed by atoms with Crippen molar-refractivity contribution in [1.29, 1.82) is 0 Å². The first kappa shape index (κ1) is 19.5. The van der Waals surface area contributed by atoms with Crippen LogP contribution in [0.5, 0.6) is 11.5 Å². The Balaban J connectivity index is 1.85. The summed E-state index contributed by atoms with van der Waals surface area (Å²) in [6, 6.07) is 12.5. The second kappa shape index (κ2) is 8.17. The molecule has 0 spiro atoms. The molecule has 2 aromatic carbocycles. The lowest BCUT2D eigenvalue weighted by atomic mass is 9.88. The summed E-state index contributed by atoms with van der Waals surface area (Å²) < 4.78 is 10.9. The van der Waals surface area contributed by atoms with E-state index >= 15 is 0 Å². The molecule has 0 heterocycles. The van der Waals surface area contributed by atoms with Crippen LogP contribution in [0.1, 0.15) is 42.4 Å². The van der Waals surface area contributed by atoms with Crippen molar-refractivity contribution < 1.29 is 9.47 Å². The Labute approximate surface area is 167 Å². The number of methoxy groups -OCH3 is 2. The lowest BCUT2D eigenvalue weighted by Crippen LogP contribution is -2.45. The monoisotopic (exact) mass is 384 g/mol. The van der Waals surface area contributed by atoms with Gasteiger partial charge in [-0.2, -0.15) is 0 Å². The highest BCUT2D eigenvalue weighted by atomic mass is 32.1. The van der Waals surface area contributed by atoms with Crippen LogP contribution in [0.4, 0.5) is 5.69 Å². The molecule has 2 aromatic rings. The van der Waals surface area contributed by atoms with Crippen LogP contribution in [-0.2, 0) is 5.54 Å². The minimum atomic E-state index is -0.179. The van der Waals surface area contributed by atoms with Gasteiger partial charge in [0.05, 0.1) is 19.8 Å². The highest BCUT2D eigenvalue weighted by Crippen LogP contribution is 2.41. The second-order valence-corrected chi connectivity index (χ2v) is 7.66. The van der Waals surface area contributed by atoms with Gasteiger partial charge in [0.15, 0.2) is 16.6 Å². The van der Waals surface area contributed by atoms with Gasteiger partial charge in [0.2, 0.25) is 0 Å². The molecule has 4 nitrogen and oxygen atoms in total. The first-order valence-corrected chi connectivity index (χ1v) is 9.77. The zero-order valence-electron chi connectivity index (χ0n) is 16.5. The van der Waals surface area contributed by atoms with Gasteiger partial charge in [0, 0.05) is 5.69 Å². The third-order valence-corrected chi connectivity index (χ3v) is 5.59. The Hall–Kier alpha value is -2.27. The number of anilines is 1. The van der Waals surface area contributed by atoms with Gasteiger partial charge in [-0.3, -0.25) is 0 Å². The third-order valence-electron chi connectivity index (χ3n) is 5.39. The van der Waals surface area contributed by atoms with Crippen LogP contribution >= 0.6 is 12.2 Å². The highest BCUT2D eigenvalue weighted by Gasteiger charge is 2.37. The predicted molar refractivity (Wildman–Crippen MR) is 115 cm³/mol. The Morgan fingerprint density at radius 2 is 1.67 bits per heavy atom. The van der Waals surface area contributed by atoms with Crippen molar-refractivity contribution in [3.63, 3.8) is 0 Å². The quantitative estimate of drug-likeness (QED) is 0.704. The maximum Gasteiger partial charge on any atom is 0.171 e. The number of nitrogens with one attached hydrogen (secondary N) is 2. The Morgan fingerprint density at radius 1 is 0.963 bits per heavy atom. The molecule has 0 aliphatic heterocycles. The van der Waals surface area contributed by atoms with Crippen molar-refractivity contribution in [3.05, 3.63) is 53.1 Å². The van der Waals surface area contributed by atoms with Crippen LogP contribution in [-0.4, -0.2) is 19.3 Å². The van der Waals surface area contributed by atoms with Crippen molar-refractivity contribution >= 4 is 23.0 Å². The number of benzene rings is 2. The van der Waals surface area contributed by atoms with Crippen LogP contribution in [0, 0.1) is 13.8 Å². The summed E-state index contributed by atoms with van der Waals surface area (Å²) in [5, 5.41) is 7.66. The molecule has 144 valence electrons. The topological polar surface area (TPSA) is 42.5 Å². The fourth-order valence-electron chi connectivity index (χ4n) is 3.84. The highest BCUT2D eigenvalue weighted by molar-refractivity contribution is 7.80. The van der Waals surface area contributed by atoms with Crippen LogP contribution in [0.2, 0.25) is 0 Å². The number of hydrogen-bond acceptors (Lipinski definition) is 3. The van der Waals surface area contributed by atoms with Gasteiger partial charge >= 0.3 is 0 Å². The standard InChI is InChI=1S/C22H28N2O2S/c1-15-7-8-16(2)18(13-15)23-21(27)24-22(11-5-6-12-22)17-9-10-19(25-3)20(14-17)26-4/h7-10,13-14H,5-6,11-12H2,1-4H3,(H2,23,24,27). The van der Waals surface area contributed by atoms with E-state index < -0.39 is 0 Å². The van der Waals surface area contributed by atoms with E-state index in [4.69, 9.17) is 21.7 Å². The van der Waals surface area contributed by atoms with Gasteiger partial charge in [-0.15, -0.1) is 0 Å². The first-order chi connectivity index (χ1) is 13.0. The molecule has 5 heteroatoms. The van der Waals surface area contributed by atoms with Crippen LogP contribution in [0.15, 0.2) is 36.4 Å². The third kappa shape index (κ3) is 4.19. The van der Waals surface area contributed by atoms with Gasteiger partial charge in [-0.05, 0) is 73.8 Å². The summed E-state index contributed by atoms with van der Waals surface area (Å²) in [4.78, 5) is 0. The first-order valence-electron chi connectivity index (χ1n) is 9.36. The fourth-order valence-corrected chi connectivity index (χ4v) is 4.15. The molecule has 3 rings (SSSR count). The average molecular weight is 385 g/mol. The molecule has 0 amide bonds. The normalized spacial score (nSPS) is 15.3. The smallest absolute Gasteiger partial charge is 0.171 e. The molecule has 1 fully saturated rings. The molecular formula is C22H28N2O2S. The maximum absolute atomic E-state index is 5.68. The van der Waals surface area contributed by atoms with Crippen LogP contribution in [0.25, 0.3) is 0 Å². The Morgan fingerprint density at radius 3 is 2.33 bits per heavy atom. The van der Waals surface area contributed by atoms with Gasteiger partial charge in [-0.1, -0.05) is 31.0 Å². The van der Waals surface area contributed by atoms with E-state index in [1.807, 2.05) is 6.07 Å². The molecule has 0 bridgehead atoms. The van der Waals surface area contributed by atoms with Gasteiger partial charge in [0.1, 0.15) is 0 Å². The number of aryl methyl sites for hydroxylation is 2. The van der Waals surface area contributed by atoms with E-state index in [1.165, 1.54) is 29.5 Å². The summed E-state index contributed by atoms with van der Waals surface area (Å²) in [6.45, 7) is 4.17. The molecule has 1 aliphatic rings. The molecule has 1 saturated carbocycles. The van der Waals surface area contributed by atoms with E-state index in [-0.39, 0.29) is 5.54 Å². The zero-order chi connectivity index (χ0) is 19.4. The van der Waals surface area contributed by atoms with E-state index in [1.54, 1.807) is 14.2 Å². The molecule has 2 N–H and O–H groups in total. The number of rotatable bonds is 5. The summed E-state index contributed by atoms with van der Waals surface area (Å²) in [7, 11) is 3.33. The maximum atomic E-state index is 5.68. The van der Waals surface area contributed by atoms with Crippen molar-refractivity contribution in [3.8, 4) is 11.5 Å². The lowest BCUT2D eigenvalue weighted by Gasteiger charge is -2.33. The van der Waals surface area contributed by atoms with E-state index in [9.17, 15) is 0 Å². The van der Waals surface area contributed by atoms with Crippen molar-refractivity contribution in [2.45, 2.75) is 45.1 Å². The Bertz CT molecular complexity index is 829. The van der Waals surface area contributed by atoms with Gasteiger partial charge < -0.3 is 20.1 Å². The Kier molecular flexibility index (Phi) is 5.90. The minimum Gasteiger partial charge on any atom is -0.493 e. The number of hydrogen-bond donors (Lipinski definition) is 2. The fraction of sp³-hybridized carbons (Fsp3) is 0.409. The lowest BCUT2D eigenvalue weighted by molar-refractivity contribution is 0.350. The SMILES string of the molecule is COc1ccc(C2(NC(=S)Nc3cc(C)ccc3C)CCCC2)cc1OC. The van der Waals surface area contributed by atoms with Gasteiger partial charge in [-0.25, -0.2) is 0 Å². The summed E-state index contributed by atoms with van der Waals surface area (Å²) in [5.41, 5.74) is 4.44. The molecule has 0 aromatic heterocycles. The van der Waals surface area contributed by atoms with E-state index in [0.29, 0.717) is 5.11 Å². The predicted octanol–water partition coefficient (Wildman–Crippen LogP) is 5.08. The molecule has 0 saturated heterocycles. The molecule has 0 atom stereocenters. The van der Waals surface area contributed by atoms with Crippen molar-refractivity contribution in [2.75, 3.05) is 19.5 Å². The summed E-state index contributed by atoms with van der Waals surface area (Å²) in [5.74, 6) is 1.49. The summed E-state index contributed by atoms with van der Waals surface area (Å²) in [6.07, 6.45) is 4.43. The van der Waals surface area contributed by atoms with E-state index in [2.05, 4.69) is 54.8 Å². The molecule has 0 unspecified atom stereocenters. The summed E-state index contributed by atoms with van der Waals surface area (Å²) >= 11 is 5.68. The van der Waals surface area contributed by atoms with E-state index in [0.717, 1.165) is 30.0 Å². The molecule has 27 heavy (non-hydrogen) atoms. The number of thiocarbonyl (C=S) groups is 1. The largest absolute Gasteiger partial charge is 0.493 e. The second-order valence-electron chi connectivity index (χ2n) is 7.26. The zero-order valence-corrected chi connectivity index (χ0v) is 17.3. The average Bonchev–Trinajstić information content (AvgIpc) is 3.13. The molecule has 0 radical (unpaired) electrons. The number of ether oxygens (including phenoxy) is 2. The van der Waals surface area contributed by atoms with Crippen LogP contribution in [0.3, 0.4) is 0 Å². The van der Waals surface area contributed by atoms with Crippen LogP contribution < -0.4 is 20.1 Å². The minimum absolute atomic E-state index is 0.179. The van der Waals surface area contributed by atoms with Crippen molar-refractivity contribution in [2.24, 2.45) is 0 Å². The molecular weight excluding hydrogens is 356 g/mol. The van der Waals surface area contributed by atoms with Gasteiger partial charge in [0.25, 0.3) is 0 Å².